The summed E-state index contributed by atoms with van der Waals surface area (Å²) in [7, 11) is 0. The van der Waals surface area contributed by atoms with Crippen LogP contribution in [0.2, 0.25) is 0 Å². The fraction of sp³-hybridized carbons (Fsp3) is 0.556. The Morgan fingerprint density at radius 2 is 1.84 bits per heavy atom. The zero-order chi connectivity index (χ0) is 14.3. The van der Waals surface area contributed by atoms with Gasteiger partial charge < -0.3 is 30.3 Å². The van der Waals surface area contributed by atoms with E-state index in [0.29, 0.717) is 4.57 Å². The molecule has 0 saturated carbocycles. The van der Waals surface area contributed by atoms with Gasteiger partial charge in [0.15, 0.2) is 6.23 Å². The van der Waals surface area contributed by atoms with Crippen LogP contribution >= 0.6 is 0 Å². The van der Waals surface area contributed by atoms with Crippen molar-refractivity contribution < 1.29 is 30.3 Å². The molecule has 0 aromatic carbocycles. The third kappa shape index (κ3) is 2.00. The molecule has 106 valence electrons. The van der Waals surface area contributed by atoms with E-state index < -0.39 is 54.0 Å². The minimum absolute atomic E-state index is 0.375. The second kappa shape index (κ2) is 4.66. The molecule has 1 aromatic heterocycles. The molecule has 19 heavy (non-hydrogen) atoms. The van der Waals surface area contributed by atoms with Crippen LogP contribution in [0, 0.1) is 0 Å². The van der Waals surface area contributed by atoms with Crippen molar-refractivity contribution in [2.24, 2.45) is 0 Å². The first-order valence-electron chi connectivity index (χ1n) is 5.27. The fourth-order valence-corrected chi connectivity index (χ4v) is 1.86. The quantitative estimate of drug-likeness (QED) is 0.324. The molecule has 1 fully saturated rings. The predicted octanol–water partition coefficient (Wildman–Crippen LogP) is -3.44. The van der Waals surface area contributed by atoms with E-state index in [-0.39, 0.29) is 0 Å². The van der Waals surface area contributed by atoms with Crippen molar-refractivity contribution in [3.05, 3.63) is 20.8 Å². The van der Waals surface area contributed by atoms with E-state index in [1.165, 1.54) is 0 Å². The summed E-state index contributed by atoms with van der Waals surface area (Å²) in [5, 5.41) is 46.9. The summed E-state index contributed by atoms with van der Waals surface area (Å²) in [6.07, 6.45) is -5.84. The number of aromatic nitrogens is 2. The van der Waals surface area contributed by atoms with Crippen molar-refractivity contribution in [3.8, 4) is 11.6 Å². The number of aliphatic hydroxyl groups is 3. The average Bonchev–Trinajstić information content (AvgIpc) is 2.64. The third-order valence-corrected chi connectivity index (χ3v) is 2.87. The number of nitrogens with one attached hydrogen (secondary N) is 1. The fourth-order valence-electron chi connectivity index (χ4n) is 1.86. The van der Waals surface area contributed by atoms with Crippen molar-refractivity contribution >= 4 is 0 Å². The van der Waals surface area contributed by atoms with Gasteiger partial charge in [0.05, 0.1) is 6.61 Å². The van der Waals surface area contributed by atoms with E-state index in [2.05, 4.69) is 0 Å². The number of H-pyrrole nitrogens is 1. The highest BCUT2D eigenvalue weighted by Gasteiger charge is 2.45. The molecule has 0 unspecified atom stereocenters. The lowest BCUT2D eigenvalue weighted by molar-refractivity contribution is -0.0582. The van der Waals surface area contributed by atoms with Crippen molar-refractivity contribution in [3.63, 3.8) is 0 Å². The molecular formula is C9H12N2O8. The summed E-state index contributed by atoms with van der Waals surface area (Å²) in [4.78, 5) is 24.3. The lowest BCUT2D eigenvalue weighted by Crippen LogP contribution is -2.38. The van der Waals surface area contributed by atoms with Crippen LogP contribution < -0.4 is 11.2 Å². The normalized spacial score (nSPS) is 30.7. The van der Waals surface area contributed by atoms with Crippen molar-refractivity contribution in [2.75, 3.05) is 6.61 Å². The smallest absolute Gasteiger partial charge is 0.333 e. The Kier molecular flexibility index (Phi) is 3.32. The number of aliphatic hydroxyl groups excluding tert-OH is 3. The molecule has 6 N–H and O–H groups in total. The zero-order valence-electron chi connectivity index (χ0n) is 9.42. The Morgan fingerprint density at radius 1 is 1.21 bits per heavy atom. The number of rotatable bonds is 2. The van der Waals surface area contributed by atoms with Gasteiger partial charge in [-0.2, -0.15) is 0 Å². The topological polar surface area (TPSA) is 165 Å². The molecular weight excluding hydrogens is 264 g/mol. The molecule has 0 radical (unpaired) electrons. The summed E-state index contributed by atoms with van der Waals surface area (Å²) in [6, 6.07) is 0. The van der Waals surface area contributed by atoms with Crippen LogP contribution in [0.1, 0.15) is 6.23 Å². The number of ether oxygens (including phenoxy) is 1. The first-order chi connectivity index (χ1) is 8.88. The lowest BCUT2D eigenvalue weighted by atomic mass is 10.1. The average molecular weight is 276 g/mol. The highest BCUT2D eigenvalue weighted by Crippen LogP contribution is 2.32. The van der Waals surface area contributed by atoms with E-state index in [9.17, 15) is 30.0 Å². The molecule has 0 spiro atoms. The van der Waals surface area contributed by atoms with Crippen LogP contribution in [-0.4, -0.2) is 60.0 Å². The van der Waals surface area contributed by atoms with E-state index in [4.69, 9.17) is 9.84 Å². The Balaban J connectivity index is 2.52. The van der Waals surface area contributed by atoms with Gasteiger partial charge in [0.1, 0.15) is 18.3 Å². The standard InChI is InChI=1S/C9H12N2O8/c12-1-2-3(13)4(14)8(19-2)11-7(17)5(15)6(16)10-9(11)18/h2-4,8,12-15,17H,1H2,(H,10,16,18)/t2-,3-,4-,8-/m1/s1. The number of aromatic amines is 1. The second-order valence-corrected chi connectivity index (χ2v) is 4.03. The van der Waals surface area contributed by atoms with Crippen LogP contribution in [0.15, 0.2) is 9.59 Å². The van der Waals surface area contributed by atoms with Gasteiger partial charge in [-0.1, -0.05) is 0 Å². The van der Waals surface area contributed by atoms with Gasteiger partial charge in [-0.05, 0) is 0 Å². The summed E-state index contributed by atoms with van der Waals surface area (Å²) in [6.45, 7) is -0.625. The summed E-state index contributed by atoms with van der Waals surface area (Å²) >= 11 is 0. The summed E-state index contributed by atoms with van der Waals surface area (Å²) < 4.78 is 5.37. The van der Waals surface area contributed by atoms with Gasteiger partial charge in [-0.15, -0.1) is 0 Å². The number of nitrogens with zero attached hydrogens (tertiary/aromatic N) is 1. The van der Waals surface area contributed by atoms with Gasteiger partial charge in [0.2, 0.25) is 11.6 Å². The Hall–Kier alpha value is -1.88. The molecule has 1 aliphatic rings. The van der Waals surface area contributed by atoms with Crippen molar-refractivity contribution in [2.45, 2.75) is 24.5 Å². The van der Waals surface area contributed by atoms with Gasteiger partial charge in [-0.25, -0.2) is 9.36 Å². The van der Waals surface area contributed by atoms with E-state index >= 15 is 0 Å². The molecule has 2 heterocycles. The van der Waals surface area contributed by atoms with Crippen LogP contribution in [0.25, 0.3) is 0 Å². The van der Waals surface area contributed by atoms with Crippen molar-refractivity contribution in [1.82, 2.24) is 9.55 Å². The molecule has 0 bridgehead atoms. The molecule has 4 atom stereocenters. The van der Waals surface area contributed by atoms with Gasteiger partial charge in [0.25, 0.3) is 5.56 Å². The largest absolute Gasteiger partial charge is 0.499 e. The Morgan fingerprint density at radius 3 is 2.37 bits per heavy atom. The number of aromatic hydroxyl groups is 2. The van der Waals surface area contributed by atoms with Crippen molar-refractivity contribution in [1.29, 1.82) is 0 Å². The highest BCUT2D eigenvalue weighted by molar-refractivity contribution is 5.28. The van der Waals surface area contributed by atoms with Crippen LogP contribution in [0.4, 0.5) is 0 Å². The van der Waals surface area contributed by atoms with Gasteiger partial charge in [0, 0.05) is 0 Å². The van der Waals surface area contributed by atoms with Crippen LogP contribution in [0.3, 0.4) is 0 Å². The van der Waals surface area contributed by atoms with Crippen LogP contribution in [0.5, 0.6) is 11.6 Å². The number of hydrogen-bond acceptors (Lipinski definition) is 8. The Bertz CT molecular complexity index is 593. The highest BCUT2D eigenvalue weighted by atomic mass is 16.6. The lowest BCUT2D eigenvalue weighted by Gasteiger charge is -2.18. The number of hydrogen-bond donors (Lipinski definition) is 6. The molecule has 0 amide bonds. The third-order valence-electron chi connectivity index (χ3n) is 2.87. The minimum Gasteiger partial charge on any atom is -0.499 e. The molecule has 10 heteroatoms. The molecule has 1 aliphatic heterocycles. The van der Waals surface area contributed by atoms with E-state index in [1.54, 1.807) is 4.98 Å². The summed E-state index contributed by atoms with van der Waals surface area (Å²) in [5.41, 5.74) is -2.35. The van der Waals surface area contributed by atoms with Gasteiger partial charge in [-0.3, -0.25) is 9.78 Å². The predicted molar refractivity (Wildman–Crippen MR) is 57.7 cm³/mol. The molecule has 2 rings (SSSR count). The van der Waals surface area contributed by atoms with E-state index in [1.807, 2.05) is 0 Å². The maximum atomic E-state index is 11.5. The maximum absolute atomic E-state index is 11.5. The first-order valence-corrected chi connectivity index (χ1v) is 5.27. The SMILES string of the molecule is O=c1[nH]c(=O)n([C@@H]2O[C@H](CO)[C@@H](O)[C@H]2O)c(O)c1O. The molecule has 10 nitrogen and oxygen atoms in total. The minimum atomic E-state index is -1.63. The first kappa shape index (κ1) is 13.5. The summed E-state index contributed by atoms with van der Waals surface area (Å²) in [5.74, 6) is -2.24. The maximum Gasteiger partial charge on any atom is 0.333 e. The molecule has 1 saturated heterocycles. The van der Waals surface area contributed by atoms with Crippen LogP contribution in [-0.2, 0) is 4.74 Å². The van der Waals surface area contributed by atoms with Gasteiger partial charge >= 0.3 is 5.69 Å². The second-order valence-electron chi connectivity index (χ2n) is 4.03. The molecule has 1 aromatic rings. The monoisotopic (exact) mass is 276 g/mol. The Labute approximate surface area is 104 Å². The molecule has 0 aliphatic carbocycles. The zero-order valence-corrected chi connectivity index (χ0v) is 9.42. The van der Waals surface area contributed by atoms with E-state index in [0.717, 1.165) is 0 Å².